The molecule has 0 bridgehead atoms. The molecule has 1 aromatic carbocycles. The number of ether oxygens (including phenoxy) is 1. The van der Waals surface area contributed by atoms with Crippen molar-refractivity contribution in [2.24, 2.45) is 5.73 Å². The predicted molar refractivity (Wildman–Crippen MR) is 64.7 cm³/mol. The zero-order valence-electron chi connectivity index (χ0n) is 9.10. The summed E-state index contributed by atoms with van der Waals surface area (Å²) in [7, 11) is 0. The van der Waals surface area contributed by atoms with Crippen molar-refractivity contribution in [2.75, 3.05) is 6.61 Å². The zero-order valence-corrected chi connectivity index (χ0v) is 9.10. The van der Waals surface area contributed by atoms with Crippen molar-refractivity contribution >= 4 is 11.0 Å². The highest BCUT2D eigenvalue weighted by Gasteiger charge is 2.05. The predicted octanol–water partition coefficient (Wildman–Crippen LogP) is 1.26. The Bertz CT molecular complexity index is 637. The van der Waals surface area contributed by atoms with E-state index in [0.29, 0.717) is 22.5 Å². The molecule has 0 aliphatic rings. The minimum atomic E-state index is -0.116. The molecule has 2 aromatic rings. The fraction of sp³-hybridized carbons (Fsp3) is 0.154. The van der Waals surface area contributed by atoms with E-state index in [1.54, 1.807) is 18.2 Å². The highest BCUT2D eigenvalue weighted by Crippen LogP contribution is 2.19. The molecule has 1 heterocycles. The van der Waals surface area contributed by atoms with Crippen LogP contribution in [-0.4, -0.2) is 6.61 Å². The van der Waals surface area contributed by atoms with Crippen LogP contribution in [0, 0.1) is 12.3 Å². The lowest BCUT2D eigenvalue weighted by atomic mass is 10.2. The second-order valence-corrected chi connectivity index (χ2v) is 3.43. The van der Waals surface area contributed by atoms with E-state index in [1.807, 2.05) is 0 Å². The first-order valence-corrected chi connectivity index (χ1v) is 5.07. The smallest absolute Gasteiger partial charge is 0.193 e. The quantitative estimate of drug-likeness (QED) is 0.805. The van der Waals surface area contributed by atoms with Crippen LogP contribution in [0.3, 0.4) is 0 Å². The average molecular weight is 229 g/mol. The fourth-order valence-corrected chi connectivity index (χ4v) is 1.50. The van der Waals surface area contributed by atoms with Crippen LogP contribution >= 0.6 is 0 Å². The summed E-state index contributed by atoms with van der Waals surface area (Å²) in [4.78, 5) is 11.7. The van der Waals surface area contributed by atoms with E-state index in [9.17, 15) is 4.79 Å². The summed E-state index contributed by atoms with van der Waals surface area (Å²) in [5, 5.41) is 0.496. The molecule has 1 aromatic heterocycles. The van der Waals surface area contributed by atoms with Crippen LogP contribution in [0.5, 0.6) is 5.75 Å². The van der Waals surface area contributed by atoms with Crippen molar-refractivity contribution in [3.63, 3.8) is 0 Å². The first kappa shape index (κ1) is 11.2. The number of terminal acetylenes is 1. The standard InChI is InChI=1S/C13H11NO3/c1-2-5-16-9-3-4-11-12(15)6-10(8-14)17-13(11)7-9/h1,3-4,6-7H,5,8,14H2. The van der Waals surface area contributed by atoms with E-state index < -0.39 is 0 Å². The Labute approximate surface area is 98.0 Å². The summed E-state index contributed by atoms with van der Waals surface area (Å²) in [6.07, 6.45) is 5.09. The van der Waals surface area contributed by atoms with Crippen molar-refractivity contribution < 1.29 is 9.15 Å². The lowest BCUT2D eigenvalue weighted by Gasteiger charge is -2.04. The van der Waals surface area contributed by atoms with Crippen LogP contribution in [0.4, 0.5) is 0 Å². The van der Waals surface area contributed by atoms with Crippen LogP contribution in [0.1, 0.15) is 5.76 Å². The Morgan fingerprint density at radius 2 is 2.24 bits per heavy atom. The largest absolute Gasteiger partial charge is 0.481 e. The molecule has 0 saturated heterocycles. The second kappa shape index (κ2) is 4.73. The number of hydrogen-bond acceptors (Lipinski definition) is 4. The number of hydrogen-bond donors (Lipinski definition) is 1. The molecule has 0 spiro atoms. The molecule has 2 N–H and O–H groups in total. The average Bonchev–Trinajstić information content (AvgIpc) is 2.35. The second-order valence-electron chi connectivity index (χ2n) is 3.43. The molecule has 4 heteroatoms. The Morgan fingerprint density at radius 1 is 1.41 bits per heavy atom. The zero-order chi connectivity index (χ0) is 12.3. The third-order valence-corrected chi connectivity index (χ3v) is 2.28. The summed E-state index contributed by atoms with van der Waals surface area (Å²) in [5.41, 5.74) is 5.77. The van der Waals surface area contributed by atoms with E-state index >= 15 is 0 Å². The van der Waals surface area contributed by atoms with Crippen LogP contribution in [0.15, 0.2) is 33.5 Å². The Morgan fingerprint density at radius 3 is 2.94 bits per heavy atom. The number of benzene rings is 1. The normalized spacial score (nSPS) is 10.1. The molecule has 0 atom stereocenters. The van der Waals surface area contributed by atoms with Gasteiger partial charge in [0.2, 0.25) is 0 Å². The Balaban J connectivity index is 2.52. The van der Waals surface area contributed by atoms with Crippen molar-refractivity contribution in [1.29, 1.82) is 0 Å². The van der Waals surface area contributed by atoms with Gasteiger partial charge in [-0.2, -0.15) is 0 Å². The minimum Gasteiger partial charge on any atom is -0.481 e. The molecular weight excluding hydrogens is 218 g/mol. The van der Waals surface area contributed by atoms with Gasteiger partial charge in [-0.1, -0.05) is 5.92 Å². The van der Waals surface area contributed by atoms with Crippen molar-refractivity contribution in [3.05, 3.63) is 40.2 Å². The topological polar surface area (TPSA) is 65.5 Å². The van der Waals surface area contributed by atoms with Gasteiger partial charge < -0.3 is 14.9 Å². The molecule has 0 radical (unpaired) electrons. The van der Waals surface area contributed by atoms with E-state index in [4.69, 9.17) is 21.3 Å². The molecule has 0 aliphatic carbocycles. The van der Waals surface area contributed by atoms with Gasteiger partial charge in [-0.05, 0) is 12.1 Å². The molecule has 0 fully saturated rings. The summed E-state index contributed by atoms with van der Waals surface area (Å²) in [5.74, 6) is 3.37. The maximum absolute atomic E-state index is 11.7. The monoisotopic (exact) mass is 229 g/mol. The molecule has 0 unspecified atom stereocenters. The van der Waals surface area contributed by atoms with Crippen LogP contribution in [0.2, 0.25) is 0 Å². The molecular formula is C13H11NO3. The van der Waals surface area contributed by atoms with Gasteiger partial charge in [0, 0.05) is 12.1 Å². The SMILES string of the molecule is C#CCOc1ccc2c(=O)cc(CN)oc2c1. The molecule has 0 aliphatic heterocycles. The summed E-state index contributed by atoms with van der Waals surface area (Å²) in [6.45, 7) is 0.354. The number of nitrogens with two attached hydrogens (primary N) is 1. The van der Waals surface area contributed by atoms with Gasteiger partial charge in [0.25, 0.3) is 0 Å². The van der Waals surface area contributed by atoms with E-state index in [1.165, 1.54) is 6.07 Å². The maximum atomic E-state index is 11.7. The summed E-state index contributed by atoms with van der Waals surface area (Å²) in [6, 6.07) is 6.35. The molecule has 0 amide bonds. The van der Waals surface area contributed by atoms with Crippen molar-refractivity contribution in [2.45, 2.75) is 6.54 Å². The van der Waals surface area contributed by atoms with E-state index in [-0.39, 0.29) is 18.6 Å². The summed E-state index contributed by atoms with van der Waals surface area (Å²) >= 11 is 0. The van der Waals surface area contributed by atoms with Crippen LogP contribution < -0.4 is 15.9 Å². The first-order chi connectivity index (χ1) is 8.24. The highest BCUT2D eigenvalue weighted by molar-refractivity contribution is 5.77. The van der Waals surface area contributed by atoms with Crippen LogP contribution in [0.25, 0.3) is 11.0 Å². The van der Waals surface area contributed by atoms with Crippen molar-refractivity contribution in [1.82, 2.24) is 0 Å². The first-order valence-electron chi connectivity index (χ1n) is 5.07. The van der Waals surface area contributed by atoms with Crippen LogP contribution in [-0.2, 0) is 6.54 Å². The van der Waals surface area contributed by atoms with Gasteiger partial charge >= 0.3 is 0 Å². The van der Waals surface area contributed by atoms with Gasteiger partial charge in [0.05, 0.1) is 11.9 Å². The van der Waals surface area contributed by atoms with Gasteiger partial charge in [0.15, 0.2) is 5.43 Å². The molecule has 17 heavy (non-hydrogen) atoms. The Hall–Kier alpha value is -2.25. The third-order valence-electron chi connectivity index (χ3n) is 2.28. The highest BCUT2D eigenvalue weighted by atomic mass is 16.5. The lowest BCUT2D eigenvalue weighted by molar-refractivity contribution is 0.370. The third kappa shape index (κ3) is 2.30. The maximum Gasteiger partial charge on any atom is 0.193 e. The number of rotatable bonds is 3. The van der Waals surface area contributed by atoms with Crippen molar-refractivity contribution in [3.8, 4) is 18.1 Å². The Kier molecular flexibility index (Phi) is 3.12. The van der Waals surface area contributed by atoms with Gasteiger partial charge in [-0.3, -0.25) is 4.79 Å². The molecule has 86 valence electrons. The summed E-state index contributed by atoms with van der Waals surface area (Å²) < 4.78 is 10.7. The lowest BCUT2D eigenvalue weighted by Crippen LogP contribution is -2.05. The minimum absolute atomic E-state index is 0.116. The fourth-order valence-electron chi connectivity index (χ4n) is 1.50. The number of fused-ring (bicyclic) bond motifs is 1. The van der Waals surface area contributed by atoms with E-state index in [2.05, 4.69) is 5.92 Å². The molecule has 0 saturated carbocycles. The van der Waals surface area contributed by atoms with Gasteiger partial charge in [0.1, 0.15) is 23.7 Å². The van der Waals surface area contributed by atoms with Gasteiger partial charge in [-0.15, -0.1) is 6.42 Å². The van der Waals surface area contributed by atoms with E-state index in [0.717, 1.165) is 0 Å². The molecule has 2 rings (SSSR count). The van der Waals surface area contributed by atoms with Gasteiger partial charge in [-0.25, -0.2) is 0 Å². The molecule has 4 nitrogen and oxygen atoms in total.